The standard InChI is InChI=1S/C36H50O3/c1-18(2)25-17-27(38)34(33(28(25)19(3)4)24-15-13-14-16-26(24)37)35-31(22(9)10)29(20(5)6)30(21(7)8)32(23(11)12)36(35)39/h13-23,37-39H,1-12H3. The van der Waals surface area contributed by atoms with Crippen molar-refractivity contribution in [3.63, 3.8) is 0 Å². The third-order valence-corrected chi connectivity index (χ3v) is 7.94. The van der Waals surface area contributed by atoms with Crippen LogP contribution in [0, 0.1) is 0 Å². The largest absolute Gasteiger partial charge is 0.507 e. The molecule has 0 aromatic heterocycles. The molecule has 212 valence electrons. The quantitative estimate of drug-likeness (QED) is 0.271. The monoisotopic (exact) mass is 530 g/mol. The molecule has 3 aromatic carbocycles. The van der Waals surface area contributed by atoms with Crippen molar-refractivity contribution in [3.05, 3.63) is 63.7 Å². The average Bonchev–Trinajstić information content (AvgIpc) is 2.82. The zero-order chi connectivity index (χ0) is 29.5. The van der Waals surface area contributed by atoms with Crippen molar-refractivity contribution in [2.75, 3.05) is 0 Å². The van der Waals surface area contributed by atoms with Gasteiger partial charge in [0.2, 0.25) is 0 Å². The van der Waals surface area contributed by atoms with E-state index in [4.69, 9.17) is 0 Å². The van der Waals surface area contributed by atoms with Gasteiger partial charge in [-0.1, -0.05) is 101 Å². The fraction of sp³-hybridized carbons (Fsp3) is 0.500. The summed E-state index contributed by atoms with van der Waals surface area (Å²) < 4.78 is 0. The van der Waals surface area contributed by atoms with Crippen molar-refractivity contribution < 1.29 is 15.3 Å². The molecule has 0 aliphatic carbocycles. The highest BCUT2D eigenvalue weighted by molar-refractivity contribution is 5.97. The lowest BCUT2D eigenvalue weighted by Gasteiger charge is -2.33. The van der Waals surface area contributed by atoms with E-state index in [9.17, 15) is 15.3 Å². The lowest BCUT2D eigenvalue weighted by molar-refractivity contribution is 0.458. The lowest BCUT2D eigenvalue weighted by Crippen LogP contribution is -2.13. The Hall–Kier alpha value is -2.94. The van der Waals surface area contributed by atoms with Crippen LogP contribution in [0.3, 0.4) is 0 Å². The summed E-state index contributed by atoms with van der Waals surface area (Å²) in [5.74, 6) is 1.52. The first-order chi connectivity index (χ1) is 18.1. The van der Waals surface area contributed by atoms with Gasteiger partial charge in [-0.2, -0.15) is 0 Å². The molecule has 0 aliphatic rings. The van der Waals surface area contributed by atoms with E-state index in [1.165, 1.54) is 11.1 Å². The molecule has 0 atom stereocenters. The normalized spacial score (nSPS) is 12.3. The maximum absolute atomic E-state index is 12.3. The predicted octanol–water partition coefficient (Wildman–Crippen LogP) is 10.9. The third-order valence-electron chi connectivity index (χ3n) is 7.94. The zero-order valence-corrected chi connectivity index (χ0v) is 26.2. The summed E-state index contributed by atoms with van der Waals surface area (Å²) in [5.41, 5.74) is 9.47. The van der Waals surface area contributed by atoms with Gasteiger partial charge in [-0.05, 0) is 75.5 Å². The maximum atomic E-state index is 12.3. The van der Waals surface area contributed by atoms with Crippen LogP contribution in [-0.2, 0) is 0 Å². The number of hydrogen-bond donors (Lipinski definition) is 3. The van der Waals surface area contributed by atoms with Crippen molar-refractivity contribution in [1.82, 2.24) is 0 Å². The molecule has 0 heterocycles. The van der Waals surface area contributed by atoms with E-state index in [0.29, 0.717) is 16.7 Å². The second-order valence-corrected chi connectivity index (χ2v) is 13.0. The van der Waals surface area contributed by atoms with Gasteiger partial charge in [0.25, 0.3) is 0 Å². The molecule has 39 heavy (non-hydrogen) atoms. The molecule has 3 nitrogen and oxygen atoms in total. The van der Waals surface area contributed by atoms with Crippen LogP contribution in [0.25, 0.3) is 22.3 Å². The smallest absolute Gasteiger partial charge is 0.127 e. The van der Waals surface area contributed by atoms with E-state index in [-0.39, 0.29) is 52.8 Å². The van der Waals surface area contributed by atoms with Gasteiger partial charge in [0, 0.05) is 27.8 Å². The number of rotatable bonds is 8. The number of benzene rings is 3. The van der Waals surface area contributed by atoms with Gasteiger partial charge in [-0.25, -0.2) is 0 Å². The summed E-state index contributed by atoms with van der Waals surface area (Å²) in [6.45, 7) is 26.1. The summed E-state index contributed by atoms with van der Waals surface area (Å²) in [4.78, 5) is 0. The van der Waals surface area contributed by atoms with Crippen LogP contribution in [0.5, 0.6) is 17.2 Å². The molecule has 3 rings (SSSR count). The fourth-order valence-corrected chi connectivity index (χ4v) is 6.52. The minimum absolute atomic E-state index is 0.0927. The Morgan fingerprint density at radius 2 is 0.897 bits per heavy atom. The molecule has 0 fully saturated rings. The topological polar surface area (TPSA) is 60.7 Å². The summed E-state index contributed by atoms with van der Waals surface area (Å²) in [5, 5.41) is 35.4. The van der Waals surface area contributed by atoms with Gasteiger partial charge in [-0.3, -0.25) is 0 Å². The molecule has 3 aromatic rings. The molecule has 0 saturated carbocycles. The van der Waals surface area contributed by atoms with E-state index in [1.807, 2.05) is 24.3 Å². The third kappa shape index (κ3) is 5.42. The summed E-state index contributed by atoms with van der Waals surface area (Å²) in [7, 11) is 0. The van der Waals surface area contributed by atoms with Crippen molar-refractivity contribution >= 4 is 0 Å². The predicted molar refractivity (Wildman–Crippen MR) is 167 cm³/mol. The van der Waals surface area contributed by atoms with Crippen LogP contribution in [0.2, 0.25) is 0 Å². The van der Waals surface area contributed by atoms with Gasteiger partial charge in [-0.15, -0.1) is 0 Å². The molecule has 0 bridgehead atoms. The highest BCUT2D eigenvalue weighted by Crippen LogP contribution is 2.56. The van der Waals surface area contributed by atoms with E-state index >= 15 is 0 Å². The molecule has 3 N–H and O–H groups in total. The van der Waals surface area contributed by atoms with E-state index < -0.39 is 0 Å². The minimum Gasteiger partial charge on any atom is -0.507 e. The number of aromatic hydroxyl groups is 3. The molecule has 0 spiro atoms. The molecule has 0 saturated heterocycles. The molecular formula is C36H50O3. The highest BCUT2D eigenvalue weighted by atomic mass is 16.3. The van der Waals surface area contributed by atoms with E-state index in [2.05, 4.69) is 83.1 Å². The molecule has 3 heteroatoms. The van der Waals surface area contributed by atoms with Gasteiger partial charge < -0.3 is 15.3 Å². The minimum atomic E-state index is 0.0927. The summed E-state index contributed by atoms with van der Waals surface area (Å²) in [6, 6.07) is 9.26. The Kier molecular flexibility index (Phi) is 9.15. The second kappa shape index (κ2) is 11.7. The van der Waals surface area contributed by atoms with E-state index in [1.54, 1.807) is 6.07 Å². The Balaban J connectivity index is 2.80. The molecule has 0 amide bonds. The van der Waals surface area contributed by atoms with Crippen LogP contribution in [-0.4, -0.2) is 15.3 Å². The van der Waals surface area contributed by atoms with Crippen molar-refractivity contribution in [1.29, 1.82) is 0 Å². The van der Waals surface area contributed by atoms with Gasteiger partial charge >= 0.3 is 0 Å². The Morgan fingerprint density at radius 3 is 1.33 bits per heavy atom. The second-order valence-electron chi connectivity index (χ2n) is 13.0. The molecular weight excluding hydrogens is 480 g/mol. The van der Waals surface area contributed by atoms with Crippen LogP contribution in [0.4, 0.5) is 0 Å². The number of phenols is 3. The fourth-order valence-electron chi connectivity index (χ4n) is 6.52. The average molecular weight is 531 g/mol. The first-order valence-electron chi connectivity index (χ1n) is 14.7. The van der Waals surface area contributed by atoms with Gasteiger partial charge in [0.1, 0.15) is 17.2 Å². The van der Waals surface area contributed by atoms with Gasteiger partial charge in [0.05, 0.1) is 0 Å². The van der Waals surface area contributed by atoms with Gasteiger partial charge in [0.15, 0.2) is 0 Å². The van der Waals surface area contributed by atoms with Crippen LogP contribution >= 0.6 is 0 Å². The lowest BCUT2D eigenvalue weighted by atomic mass is 9.72. The van der Waals surface area contributed by atoms with Crippen LogP contribution < -0.4 is 0 Å². The highest BCUT2D eigenvalue weighted by Gasteiger charge is 2.34. The van der Waals surface area contributed by atoms with Crippen LogP contribution in [0.15, 0.2) is 30.3 Å². The molecule has 0 aliphatic heterocycles. The number of hydrogen-bond acceptors (Lipinski definition) is 3. The van der Waals surface area contributed by atoms with Crippen molar-refractivity contribution in [3.8, 4) is 39.5 Å². The number of para-hydroxylation sites is 1. The number of phenolic OH excluding ortho intramolecular Hbond substituents is 3. The van der Waals surface area contributed by atoms with Crippen molar-refractivity contribution in [2.24, 2.45) is 0 Å². The van der Waals surface area contributed by atoms with E-state index in [0.717, 1.165) is 27.8 Å². The Morgan fingerprint density at radius 1 is 0.436 bits per heavy atom. The first-order valence-corrected chi connectivity index (χ1v) is 14.7. The Labute approximate surface area is 236 Å². The SMILES string of the molecule is CC(C)c1cc(O)c(-c2c(O)c(C(C)C)c(C(C)C)c(C(C)C)c2C(C)C)c(-c2ccccc2O)c1C(C)C. The Bertz CT molecular complexity index is 1340. The van der Waals surface area contributed by atoms with Crippen molar-refractivity contribution in [2.45, 2.75) is 119 Å². The summed E-state index contributed by atoms with van der Waals surface area (Å²) in [6.07, 6.45) is 0. The first kappa shape index (κ1) is 30.6. The molecule has 0 unspecified atom stereocenters. The molecule has 0 radical (unpaired) electrons. The summed E-state index contributed by atoms with van der Waals surface area (Å²) >= 11 is 0. The zero-order valence-electron chi connectivity index (χ0n) is 26.2. The van der Waals surface area contributed by atoms with Crippen LogP contribution in [0.1, 0.15) is 152 Å². The maximum Gasteiger partial charge on any atom is 0.127 e.